The van der Waals surface area contributed by atoms with Crippen molar-refractivity contribution in [1.29, 1.82) is 0 Å². The van der Waals surface area contributed by atoms with Crippen LogP contribution >= 0.6 is 0 Å². The number of aromatic nitrogens is 1. The average molecular weight is 300 g/mol. The first-order valence-corrected chi connectivity index (χ1v) is 7.60. The molecule has 1 saturated heterocycles. The predicted octanol–water partition coefficient (Wildman–Crippen LogP) is 1.23. The van der Waals surface area contributed by atoms with Crippen LogP contribution < -0.4 is 5.32 Å². The first-order chi connectivity index (χ1) is 10.8. The molecule has 1 aromatic rings. The van der Waals surface area contributed by atoms with Crippen molar-refractivity contribution in [3.63, 3.8) is 0 Å². The quantitative estimate of drug-likeness (QED) is 0.770. The third-order valence-electron chi connectivity index (χ3n) is 3.81. The van der Waals surface area contributed by atoms with Crippen LogP contribution in [0, 0.1) is 0 Å². The van der Waals surface area contributed by atoms with E-state index < -0.39 is 0 Å². The maximum absolute atomic E-state index is 12.5. The molecular weight excluding hydrogens is 276 g/mol. The lowest BCUT2D eigenvalue weighted by Gasteiger charge is -2.36. The number of carbonyl (C=O) groups excluding carboxylic acids is 1. The zero-order valence-corrected chi connectivity index (χ0v) is 12.9. The Morgan fingerprint density at radius 2 is 2.23 bits per heavy atom. The van der Waals surface area contributed by atoms with Crippen LogP contribution in [0.1, 0.15) is 11.6 Å². The van der Waals surface area contributed by atoms with Crippen molar-refractivity contribution in [2.75, 3.05) is 39.3 Å². The van der Waals surface area contributed by atoms with Gasteiger partial charge < -0.3 is 10.2 Å². The van der Waals surface area contributed by atoms with E-state index in [4.69, 9.17) is 0 Å². The number of nitrogens with zero attached hydrogens (tertiary/aromatic N) is 3. The van der Waals surface area contributed by atoms with Gasteiger partial charge in [-0.05, 0) is 11.6 Å². The number of carbonyl (C=O) groups is 1. The monoisotopic (exact) mass is 300 g/mol. The first kappa shape index (κ1) is 16.4. The summed E-state index contributed by atoms with van der Waals surface area (Å²) in [5.74, 6) is 0.107. The second-order valence-corrected chi connectivity index (χ2v) is 5.35. The zero-order valence-electron chi connectivity index (χ0n) is 12.9. The highest BCUT2D eigenvalue weighted by molar-refractivity contribution is 5.78. The molecule has 0 aromatic carbocycles. The molecule has 1 amide bonds. The van der Waals surface area contributed by atoms with Gasteiger partial charge in [-0.3, -0.25) is 14.7 Å². The van der Waals surface area contributed by atoms with E-state index in [-0.39, 0.29) is 11.9 Å². The van der Waals surface area contributed by atoms with Crippen molar-refractivity contribution in [2.24, 2.45) is 0 Å². The Bertz CT molecular complexity index is 493. The molecule has 118 valence electrons. The van der Waals surface area contributed by atoms with Gasteiger partial charge in [0, 0.05) is 51.2 Å². The van der Waals surface area contributed by atoms with Gasteiger partial charge in [0.2, 0.25) is 5.91 Å². The molecule has 1 fully saturated rings. The Morgan fingerprint density at radius 3 is 2.86 bits per heavy atom. The maximum Gasteiger partial charge on any atom is 0.237 e. The molecule has 1 aliphatic rings. The molecule has 1 N–H and O–H groups in total. The molecular formula is C17H24N4O. The van der Waals surface area contributed by atoms with Gasteiger partial charge in [-0.15, -0.1) is 13.2 Å². The number of hydrogen-bond acceptors (Lipinski definition) is 4. The molecule has 0 radical (unpaired) electrons. The topological polar surface area (TPSA) is 48.5 Å². The Labute approximate surface area is 132 Å². The SMILES string of the molecule is C=CCN(CC=C)C(=O)CN1CCNCC1c1cccnc1. The predicted molar refractivity (Wildman–Crippen MR) is 88.4 cm³/mol. The van der Waals surface area contributed by atoms with E-state index in [1.807, 2.05) is 12.3 Å². The smallest absolute Gasteiger partial charge is 0.237 e. The Hall–Kier alpha value is -1.98. The highest BCUT2D eigenvalue weighted by atomic mass is 16.2. The molecule has 5 heteroatoms. The third-order valence-corrected chi connectivity index (χ3v) is 3.81. The second-order valence-electron chi connectivity index (χ2n) is 5.35. The van der Waals surface area contributed by atoms with Crippen molar-refractivity contribution in [1.82, 2.24) is 20.1 Å². The lowest BCUT2D eigenvalue weighted by atomic mass is 10.1. The number of nitrogens with one attached hydrogen (secondary N) is 1. The third kappa shape index (κ3) is 4.26. The van der Waals surface area contributed by atoms with Crippen LogP contribution in [0.15, 0.2) is 49.8 Å². The van der Waals surface area contributed by atoms with Crippen molar-refractivity contribution in [3.05, 3.63) is 55.4 Å². The van der Waals surface area contributed by atoms with Gasteiger partial charge in [-0.1, -0.05) is 18.2 Å². The van der Waals surface area contributed by atoms with Crippen molar-refractivity contribution >= 4 is 5.91 Å². The Kier molecular flexibility index (Phi) is 6.30. The fourth-order valence-electron chi connectivity index (χ4n) is 2.70. The highest BCUT2D eigenvalue weighted by Gasteiger charge is 2.26. The van der Waals surface area contributed by atoms with Crippen LogP contribution in [0.3, 0.4) is 0 Å². The second kappa shape index (κ2) is 8.46. The number of piperazine rings is 1. The van der Waals surface area contributed by atoms with Crippen molar-refractivity contribution in [3.8, 4) is 0 Å². The summed E-state index contributed by atoms with van der Waals surface area (Å²) < 4.78 is 0. The summed E-state index contributed by atoms with van der Waals surface area (Å²) in [4.78, 5) is 20.7. The van der Waals surface area contributed by atoms with E-state index >= 15 is 0 Å². The maximum atomic E-state index is 12.5. The average Bonchev–Trinajstić information content (AvgIpc) is 2.56. The largest absolute Gasteiger partial charge is 0.334 e. The fraction of sp³-hybridized carbons (Fsp3) is 0.412. The molecule has 22 heavy (non-hydrogen) atoms. The minimum atomic E-state index is 0.107. The van der Waals surface area contributed by atoms with E-state index in [0.29, 0.717) is 19.6 Å². The van der Waals surface area contributed by atoms with Gasteiger partial charge in [-0.25, -0.2) is 0 Å². The summed E-state index contributed by atoms with van der Waals surface area (Å²) in [6, 6.07) is 4.18. The van der Waals surface area contributed by atoms with Gasteiger partial charge >= 0.3 is 0 Å². The van der Waals surface area contributed by atoms with Crippen molar-refractivity contribution < 1.29 is 4.79 Å². The van der Waals surface area contributed by atoms with Crippen LogP contribution in [-0.4, -0.2) is 60.0 Å². The van der Waals surface area contributed by atoms with Gasteiger partial charge in [-0.2, -0.15) is 0 Å². The van der Waals surface area contributed by atoms with Crippen LogP contribution in [0.5, 0.6) is 0 Å². The summed E-state index contributed by atoms with van der Waals surface area (Å²) in [5.41, 5.74) is 1.14. The molecule has 2 heterocycles. The summed E-state index contributed by atoms with van der Waals surface area (Å²) in [6.07, 6.45) is 7.14. The first-order valence-electron chi connectivity index (χ1n) is 7.60. The van der Waals surface area contributed by atoms with Gasteiger partial charge in [0.1, 0.15) is 0 Å². The number of rotatable bonds is 7. The molecule has 0 aliphatic carbocycles. The van der Waals surface area contributed by atoms with E-state index in [2.05, 4.69) is 34.4 Å². The minimum Gasteiger partial charge on any atom is -0.334 e. The normalized spacial score (nSPS) is 18.6. The van der Waals surface area contributed by atoms with Crippen molar-refractivity contribution in [2.45, 2.75) is 6.04 Å². The van der Waals surface area contributed by atoms with Crippen LogP contribution in [0.2, 0.25) is 0 Å². The van der Waals surface area contributed by atoms with E-state index in [0.717, 1.165) is 25.2 Å². The molecule has 2 rings (SSSR count). The molecule has 1 aliphatic heterocycles. The lowest BCUT2D eigenvalue weighted by Crippen LogP contribution is -2.50. The molecule has 0 bridgehead atoms. The van der Waals surface area contributed by atoms with Crippen LogP contribution in [0.4, 0.5) is 0 Å². The van der Waals surface area contributed by atoms with Gasteiger partial charge in [0.25, 0.3) is 0 Å². The lowest BCUT2D eigenvalue weighted by molar-refractivity contribution is -0.132. The standard InChI is InChI=1S/C17H24N4O/c1-3-9-20(10-4-2)17(22)14-21-11-8-19-13-16(21)15-6-5-7-18-12-15/h3-7,12,16,19H,1-2,8-11,13-14H2. The molecule has 1 atom stereocenters. The highest BCUT2D eigenvalue weighted by Crippen LogP contribution is 2.21. The summed E-state index contributed by atoms with van der Waals surface area (Å²) in [5, 5.41) is 3.39. The molecule has 0 saturated carbocycles. The molecule has 5 nitrogen and oxygen atoms in total. The van der Waals surface area contributed by atoms with Crippen LogP contribution in [0.25, 0.3) is 0 Å². The summed E-state index contributed by atoms with van der Waals surface area (Å²) in [7, 11) is 0. The van der Waals surface area contributed by atoms with Crippen LogP contribution in [-0.2, 0) is 4.79 Å². The molecule has 1 unspecified atom stereocenters. The number of pyridine rings is 1. The van der Waals surface area contributed by atoms with Gasteiger partial charge in [0.05, 0.1) is 6.54 Å². The number of hydrogen-bond donors (Lipinski definition) is 1. The van der Waals surface area contributed by atoms with E-state index in [1.54, 1.807) is 23.2 Å². The summed E-state index contributed by atoms with van der Waals surface area (Å²) in [6.45, 7) is 11.5. The minimum absolute atomic E-state index is 0.107. The molecule has 1 aromatic heterocycles. The van der Waals surface area contributed by atoms with E-state index in [9.17, 15) is 4.79 Å². The van der Waals surface area contributed by atoms with Gasteiger partial charge in [0.15, 0.2) is 0 Å². The zero-order chi connectivity index (χ0) is 15.8. The Balaban J connectivity index is 2.06. The molecule has 0 spiro atoms. The fourth-order valence-corrected chi connectivity index (χ4v) is 2.70. The summed E-state index contributed by atoms with van der Waals surface area (Å²) >= 11 is 0. The van der Waals surface area contributed by atoms with E-state index in [1.165, 1.54) is 0 Å². The Morgan fingerprint density at radius 1 is 1.45 bits per heavy atom. The number of amides is 1.